The minimum Gasteiger partial charge on any atom is -0.380 e. The highest BCUT2D eigenvalue weighted by Crippen LogP contribution is 2.07. The van der Waals surface area contributed by atoms with Crippen molar-refractivity contribution >= 4 is 17.7 Å². The van der Waals surface area contributed by atoms with Crippen LogP contribution in [0.1, 0.15) is 30.9 Å². The number of thioether (sulfide) groups is 1. The zero-order valence-corrected chi connectivity index (χ0v) is 14.8. The molecule has 2 N–H and O–H groups in total. The number of hydrogen-bond acceptors (Lipinski definition) is 3. The standard InChI is InChI=1S/C17H29N3OS/c1-4-18-17(19-10-5-6-11-22-3)20-13-15-8-7-9-16(12-15)14-21-2/h7-9,12H,4-6,10-11,13-14H2,1-3H3,(H2,18,19,20). The van der Waals surface area contributed by atoms with E-state index >= 15 is 0 Å². The molecule has 0 heterocycles. The van der Waals surface area contributed by atoms with Crippen LogP contribution in [0.15, 0.2) is 29.3 Å². The first kappa shape index (κ1) is 18.8. The number of ether oxygens (including phenoxy) is 1. The zero-order valence-electron chi connectivity index (χ0n) is 14.0. The van der Waals surface area contributed by atoms with Gasteiger partial charge in [0.15, 0.2) is 5.96 Å². The van der Waals surface area contributed by atoms with Crippen LogP contribution >= 0.6 is 11.8 Å². The van der Waals surface area contributed by atoms with Gasteiger partial charge in [-0.3, -0.25) is 0 Å². The van der Waals surface area contributed by atoms with Gasteiger partial charge in [-0.2, -0.15) is 11.8 Å². The van der Waals surface area contributed by atoms with Crippen LogP contribution in [0.2, 0.25) is 0 Å². The zero-order chi connectivity index (χ0) is 16.0. The molecule has 0 aliphatic carbocycles. The summed E-state index contributed by atoms with van der Waals surface area (Å²) in [7, 11) is 1.72. The Balaban J connectivity index is 2.48. The molecule has 22 heavy (non-hydrogen) atoms. The monoisotopic (exact) mass is 323 g/mol. The van der Waals surface area contributed by atoms with Crippen LogP contribution in [0.3, 0.4) is 0 Å². The maximum atomic E-state index is 5.17. The molecular formula is C17H29N3OS. The van der Waals surface area contributed by atoms with E-state index in [0.29, 0.717) is 13.2 Å². The first-order chi connectivity index (χ1) is 10.8. The molecule has 0 atom stereocenters. The van der Waals surface area contributed by atoms with Crippen molar-refractivity contribution in [3.8, 4) is 0 Å². The molecule has 5 heteroatoms. The summed E-state index contributed by atoms with van der Waals surface area (Å²) in [5.41, 5.74) is 2.39. The van der Waals surface area contributed by atoms with Crippen LogP contribution in [0.5, 0.6) is 0 Å². The molecule has 0 aliphatic heterocycles. The van der Waals surface area contributed by atoms with Crippen LogP contribution in [0.25, 0.3) is 0 Å². The van der Waals surface area contributed by atoms with Crippen molar-refractivity contribution in [2.24, 2.45) is 4.99 Å². The van der Waals surface area contributed by atoms with Gasteiger partial charge in [-0.25, -0.2) is 4.99 Å². The molecule has 0 saturated carbocycles. The Labute approximate surface area is 139 Å². The average Bonchev–Trinajstić information content (AvgIpc) is 2.53. The predicted octanol–water partition coefficient (Wildman–Crippen LogP) is 3.03. The molecule has 1 aromatic rings. The lowest BCUT2D eigenvalue weighted by atomic mass is 10.1. The summed E-state index contributed by atoms with van der Waals surface area (Å²) < 4.78 is 5.17. The molecule has 4 nitrogen and oxygen atoms in total. The molecule has 0 aromatic heterocycles. The van der Waals surface area contributed by atoms with Crippen molar-refractivity contribution in [3.05, 3.63) is 35.4 Å². The van der Waals surface area contributed by atoms with Gasteiger partial charge >= 0.3 is 0 Å². The second-order valence-corrected chi connectivity index (χ2v) is 6.06. The van der Waals surface area contributed by atoms with Gasteiger partial charge in [0.25, 0.3) is 0 Å². The Morgan fingerprint density at radius 1 is 1.23 bits per heavy atom. The Bertz CT molecular complexity index is 438. The second kappa shape index (κ2) is 12.4. The maximum Gasteiger partial charge on any atom is 0.191 e. The molecule has 124 valence electrons. The predicted molar refractivity (Wildman–Crippen MR) is 97.6 cm³/mol. The number of unbranched alkanes of at least 4 members (excludes halogenated alkanes) is 1. The van der Waals surface area contributed by atoms with Gasteiger partial charge < -0.3 is 15.4 Å². The van der Waals surface area contributed by atoms with Gasteiger partial charge in [0.05, 0.1) is 13.2 Å². The van der Waals surface area contributed by atoms with Crippen LogP contribution in [-0.2, 0) is 17.9 Å². The maximum absolute atomic E-state index is 5.17. The molecule has 0 aliphatic rings. The Morgan fingerprint density at radius 3 is 2.77 bits per heavy atom. The lowest BCUT2D eigenvalue weighted by molar-refractivity contribution is 0.185. The molecular weight excluding hydrogens is 294 g/mol. The summed E-state index contributed by atoms with van der Waals surface area (Å²) in [6.45, 7) is 5.25. The number of aliphatic imine (C=N–C) groups is 1. The summed E-state index contributed by atoms with van der Waals surface area (Å²) >= 11 is 1.90. The van der Waals surface area contributed by atoms with Gasteiger partial charge in [-0.1, -0.05) is 24.3 Å². The molecule has 0 spiro atoms. The fraction of sp³-hybridized carbons (Fsp3) is 0.588. The molecule has 0 radical (unpaired) electrons. The van der Waals surface area contributed by atoms with Gasteiger partial charge in [0.2, 0.25) is 0 Å². The van der Waals surface area contributed by atoms with Gasteiger partial charge in [0.1, 0.15) is 0 Å². The molecule has 0 amide bonds. The average molecular weight is 324 g/mol. The van der Waals surface area contributed by atoms with E-state index in [1.54, 1.807) is 7.11 Å². The lowest BCUT2D eigenvalue weighted by Gasteiger charge is -2.11. The van der Waals surface area contributed by atoms with E-state index in [1.807, 2.05) is 11.8 Å². The third kappa shape index (κ3) is 8.29. The molecule has 0 saturated heterocycles. The first-order valence-corrected chi connectivity index (χ1v) is 9.27. The smallest absolute Gasteiger partial charge is 0.191 e. The minimum absolute atomic E-state index is 0.644. The summed E-state index contributed by atoms with van der Waals surface area (Å²) in [5.74, 6) is 2.12. The van der Waals surface area contributed by atoms with Crippen LogP contribution in [0.4, 0.5) is 0 Å². The third-order valence-electron chi connectivity index (χ3n) is 3.13. The number of benzene rings is 1. The molecule has 0 unspecified atom stereocenters. The highest BCUT2D eigenvalue weighted by atomic mass is 32.2. The lowest BCUT2D eigenvalue weighted by Crippen LogP contribution is -2.37. The van der Waals surface area contributed by atoms with E-state index in [4.69, 9.17) is 4.74 Å². The molecule has 1 rings (SSSR count). The van der Waals surface area contributed by atoms with Crippen LogP contribution in [0, 0.1) is 0 Å². The molecule has 0 bridgehead atoms. The largest absolute Gasteiger partial charge is 0.380 e. The fourth-order valence-corrected chi connectivity index (χ4v) is 2.57. The highest BCUT2D eigenvalue weighted by Gasteiger charge is 1.99. The quantitative estimate of drug-likeness (QED) is 0.395. The second-order valence-electron chi connectivity index (χ2n) is 5.07. The van der Waals surface area contributed by atoms with Gasteiger partial charge in [-0.05, 0) is 42.9 Å². The van der Waals surface area contributed by atoms with Crippen molar-refractivity contribution in [2.75, 3.05) is 32.2 Å². The topological polar surface area (TPSA) is 45.7 Å². The summed E-state index contributed by atoms with van der Waals surface area (Å²) in [5, 5.41) is 6.69. The number of hydrogen-bond donors (Lipinski definition) is 2. The summed E-state index contributed by atoms with van der Waals surface area (Å²) in [6.07, 6.45) is 4.57. The SMILES string of the molecule is CCNC(=NCc1cccc(COC)c1)NCCCCSC. The van der Waals surface area contributed by atoms with Crippen molar-refractivity contribution in [2.45, 2.75) is 32.9 Å². The van der Waals surface area contributed by atoms with E-state index in [9.17, 15) is 0 Å². The molecule has 0 fully saturated rings. The van der Waals surface area contributed by atoms with E-state index in [-0.39, 0.29) is 0 Å². The number of nitrogens with zero attached hydrogens (tertiary/aromatic N) is 1. The minimum atomic E-state index is 0.644. The van der Waals surface area contributed by atoms with Crippen molar-refractivity contribution in [1.29, 1.82) is 0 Å². The fourth-order valence-electron chi connectivity index (χ4n) is 2.07. The van der Waals surface area contributed by atoms with E-state index in [2.05, 4.69) is 53.1 Å². The van der Waals surface area contributed by atoms with Crippen LogP contribution in [-0.4, -0.2) is 38.2 Å². The number of nitrogens with one attached hydrogen (secondary N) is 2. The number of methoxy groups -OCH3 is 1. The number of guanidine groups is 1. The normalized spacial score (nSPS) is 11.5. The van der Waals surface area contributed by atoms with E-state index in [0.717, 1.165) is 19.0 Å². The van der Waals surface area contributed by atoms with Gasteiger partial charge in [0, 0.05) is 20.2 Å². The summed E-state index contributed by atoms with van der Waals surface area (Å²) in [6, 6.07) is 8.38. The van der Waals surface area contributed by atoms with Gasteiger partial charge in [-0.15, -0.1) is 0 Å². The Morgan fingerprint density at radius 2 is 2.05 bits per heavy atom. The first-order valence-electron chi connectivity index (χ1n) is 7.88. The van der Waals surface area contributed by atoms with Crippen molar-refractivity contribution < 1.29 is 4.74 Å². The molecule has 1 aromatic carbocycles. The van der Waals surface area contributed by atoms with E-state index in [1.165, 1.54) is 29.7 Å². The van der Waals surface area contributed by atoms with E-state index < -0.39 is 0 Å². The highest BCUT2D eigenvalue weighted by molar-refractivity contribution is 7.98. The Hall–Kier alpha value is -1.20. The van der Waals surface area contributed by atoms with Crippen molar-refractivity contribution in [1.82, 2.24) is 10.6 Å². The third-order valence-corrected chi connectivity index (χ3v) is 3.83. The van der Waals surface area contributed by atoms with Crippen molar-refractivity contribution in [3.63, 3.8) is 0 Å². The summed E-state index contributed by atoms with van der Waals surface area (Å²) in [4.78, 5) is 4.65. The Kier molecular flexibility index (Phi) is 10.6. The van der Waals surface area contributed by atoms with Crippen LogP contribution < -0.4 is 10.6 Å². The number of rotatable bonds is 10.